The molecule has 2 aromatic rings. The maximum Gasteiger partial charge on any atom is 0.310 e. The van der Waals surface area contributed by atoms with E-state index in [1.807, 2.05) is 0 Å². The Hall–Kier alpha value is -1.81. The van der Waals surface area contributed by atoms with E-state index in [9.17, 15) is 10.1 Å². The number of thioether (sulfide) groups is 1. The largest absolute Gasteiger partial charge is 0.374 e. The van der Waals surface area contributed by atoms with E-state index in [4.69, 9.17) is 5.73 Å². The number of nitrogens with zero attached hydrogens (tertiary/aromatic N) is 3. The molecular formula is C9H12N6O2S2. The van der Waals surface area contributed by atoms with Gasteiger partial charge in [0.2, 0.25) is 5.13 Å². The van der Waals surface area contributed by atoms with Crippen molar-refractivity contribution in [3.8, 4) is 0 Å². The molecule has 102 valence electrons. The van der Waals surface area contributed by atoms with Crippen LogP contribution < -0.4 is 11.1 Å². The Morgan fingerprint density at radius 3 is 3.11 bits per heavy atom. The minimum Gasteiger partial charge on any atom is -0.374 e. The zero-order valence-electron chi connectivity index (χ0n) is 9.83. The average Bonchev–Trinajstić information content (AvgIpc) is 2.98. The summed E-state index contributed by atoms with van der Waals surface area (Å²) in [6.07, 6.45) is 1.54. The van der Waals surface area contributed by atoms with Gasteiger partial charge >= 0.3 is 5.69 Å². The van der Waals surface area contributed by atoms with Crippen LogP contribution in [0, 0.1) is 10.1 Å². The van der Waals surface area contributed by atoms with Gasteiger partial charge in [0.25, 0.3) is 0 Å². The van der Waals surface area contributed by atoms with E-state index in [0.717, 1.165) is 16.5 Å². The van der Waals surface area contributed by atoms with E-state index < -0.39 is 4.92 Å². The second-order valence-electron chi connectivity index (χ2n) is 3.51. The molecule has 0 fully saturated rings. The number of aromatic nitrogens is 3. The fourth-order valence-electron chi connectivity index (χ4n) is 1.39. The summed E-state index contributed by atoms with van der Waals surface area (Å²) in [4.78, 5) is 13.1. The van der Waals surface area contributed by atoms with E-state index in [1.165, 1.54) is 23.6 Å². The van der Waals surface area contributed by atoms with Gasteiger partial charge in [0.1, 0.15) is 5.01 Å². The zero-order valence-corrected chi connectivity index (χ0v) is 11.5. The first kappa shape index (κ1) is 13.6. The predicted molar refractivity (Wildman–Crippen MR) is 76.4 cm³/mol. The van der Waals surface area contributed by atoms with E-state index in [0.29, 0.717) is 17.5 Å². The van der Waals surface area contributed by atoms with Crippen molar-refractivity contribution < 1.29 is 4.92 Å². The minimum absolute atomic E-state index is 0.0573. The van der Waals surface area contributed by atoms with E-state index in [-0.39, 0.29) is 5.69 Å². The first-order chi connectivity index (χ1) is 9.16. The number of hydrogen-bond acceptors (Lipinski definition) is 8. The van der Waals surface area contributed by atoms with Crippen LogP contribution in [0.2, 0.25) is 0 Å². The maximum absolute atomic E-state index is 10.7. The van der Waals surface area contributed by atoms with Crippen molar-refractivity contribution in [2.45, 2.75) is 5.75 Å². The molecule has 0 aliphatic heterocycles. The van der Waals surface area contributed by atoms with Crippen LogP contribution in [0.1, 0.15) is 5.01 Å². The van der Waals surface area contributed by atoms with E-state index >= 15 is 0 Å². The molecule has 0 unspecified atom stereocenters. The lowest BCUT2D eigenvalue weighted by molar-refractivity contribution is -0.383. The van der Waals surface area contributed by atoms with Crippen molar-refractivity contribution in [2.75, 3.05) is 23.3 Å². The van der Waals surface area contributed by atoms with Gasteiger partial charge in [0.15, 0.2) is 5.82 Å². The molecule has 2 aromatic heterocycles. The van der Waals surface area contributed by atoms with Crippen LogP contribution >= 0.6 is 23.1 Å². The second kappa shape index (κ2) is 6.38. The van der Waals surface area contributed by atoms with Gasteiger partial charge in [-0.1, -0.05) is 11.3 Å². The Balaban J connectivity index is 1.69. The molecule has 8 nitrogen and oxygen atoms in total. The topological polar surface area (TPSA) is 123 Å². The highest BCUT2D eigenvalue weighted by Crippen LogP contribution is 2.22. The van der Waals surface area contributed by atoms with Gasteiger partial charge in [-0.3, -0.25) is 10.1 Å². The Kier molecular flexibility index (Phi) is 4.58. The maximum atomic E-state index is 10.7. The molecule has 2 rings (SSSR count). The summed E-state index contributed by atoms with van der Waals surface area (Å²) in [6, 6.07) is 1.43. The summed E-state index contributed by atoms with van der Waals surface area (Å²) >= 11 is 3.03. The SMILES string of the molecule is Nc1nnc(CSCCNc2[nH]ccc2[N+](=O)[O-])s1. The molecule has 0 bridgehead atoms. The fraction of sp³-hybridized carbons (Fsp3) is 0.333. The summed E-state index contributed by atoms with van der Waals surface area (Å²) in [5.41, 5.74) is 5.53. The van der Waals surface area contributed by atoms with Crippen LogP contribution in [0.5, 0.6) is 0 Å². The molecule has 0 aliphatic carbocycles. The number of hydrogen-bond donors (Lipinski definition) is 3. The Labute approximate surface area is 117 Å². The van der Waals surface area contributed by atoms with Gasteiger partial charge in [0.05, 0.1) is 4.92 Å². The molecule has 0 aliphatic rings. The highest BCUT2D eigenvalue weighted by Gasteiger charge is 2.13. The van der Waals surface area contributed by atoms with Crippen LogP contribution in [0.3, 0.4) is 0 Å². The average molecular weight is 300 g/mol. The number of aromatic amines is 1. The number of nitrogens with one attached hydrogen (secondary N) is 2. The van der Waals surface area contributed by atoms with Crippen LogP contribution in [0.4, 0.5) is 16.6 Å². The van der Waals surface area contributed by atoms with E-state index in [1.54, 1.807) is 11.8 Å². The molecule has 2 heterocycles. The summed E-state index contributed by atoms with van der Waals surface area (Å²) in [5, 5.41) is 22.6. The van der Waals surface area contributed by atoms with Gasteiger partial charge in [-0.15, -0.1) is 10.2 Å². The quantitative estimate of drug-likeness (QED) is 0.404. The third-order valence-electron chi connectivity index (χ3n) is 2.18. The Morgan fingerprint density at radius 1 is 1.58 bits per heavy atom. The van der Waals surface area contributed by atoms with Crippen molar-refractivity contribution in [1.29, 1.82) is 0 Å². The molecule has 0 saturated carbocycles. The molecule has 0 amide bonds. The normalized spacial score (nSPS) is 10.5. The number of anilines is 2. The molecule has 0 atom stereocenters. The molecule has 0 aromatic carbocycles. The Bertz CT molecular complexity index is 554. The number of nitrogen functional groups attached to an aromatic ring is 1. The minimum atomic E-state index is -0.421. The number of rotatable bonds is 7. The predicted octanol–water partition coefficient (Wildman–Crippen LogP) is 1.70. The third-order valence-corrected chi connectivity index (χ3v) is 4.08. The van der Waals surface area contributed by atoms with Crippen molar-refractivity contribution in [3.05, 3.63) is 27.4 Å². The fourth-order valence-corrected chi connectivity index (χ4v) is 2.90. The highest BCUT2D eigenvalue weighted by molar-refractivity contribution is 7.98. The molecule has 0 spiro atoms. The zero-order chi connectivity index (χ0) is 13.7. The van der Waals surface area contributed by atoms with Gasteiger partial charge in [0, 0.05) is 30.3 Å². The first-order valence-corrected chi connectivity index (χ1v) is 7.35. The van der Waals surface area contributed by atoms with Gasteiger partial charge in [-0.05, 0) is 0 Å². The first-order valence-electron chi connectivity index (χ1n) is 5.38. The second-order valence-corrected chi connectivity index (χ2v) is 5.71. The van der Waals surface area contributed by atoms with E-state index in [2.05, 4.69) is 20.5 Å². The summed E-state index contributed by atoms with van der Waals surface area (Å²) in [5.74, 6) is 1.98. The molecule has 10 heteroatoms. The van der Waals surface area contributed by atoms with Crippen LogP contribution in [-0.4, -0.2) is 32.4 Å². The highest BCUT2D eigenvalue weighted by atomic mass is 32.2. The lowest BCUT2D eigenvalue weighted by Gasteiger charge is -2.02. The number of nitrogens with two attached hydrogens (primary N) is 1. The summed E-state index contributed by atoms with van der Waals surface area (Å²) in [6.45, 7) is 0.625. The summed E-state index contributed by atoms with van der Waals surface area (Å²) < 4.78 is 0. The monoisotopic (exact) mass is 300 g/mol. The van der Waals surface area contributed by atoms with Gasteiger partial charge in [-0.2, -0.15) is 11.8 Å². The van der Waals surface area contributed by atoms with Crippen LogP contribution in [0.15, 0.2) is 12.3 Å². The van der Waals surface area contributed by atoms with Crippen LogP contribution in [-0.2, 0) is 5.75 Å². The molecular weight excluding hydrogens is 288 g/mol. The molecule has 0 radical (unpaired) electrons. The third kappa shape index (κ3) is 3.83. The lowest BCUT2D eigenvalue weighted by Crippen LogP contribution is -2.06. The van der Waals surface area contributed by atoms with Gasteiger partial charge in [-0.25, -0.2) is 0 Å². The smallest absolute Gasteiger partial charge is 0.310 e. The van der Waals surface area contributed by atoms with Crippen molar-refractivity contribution in [2.24, 2.45) is 0 Å². The lowest BCUT2D eigenvalue weighted by atomic mass is 10.5. The number of H-pyrrole nitrogens is 1. The number of nitro groups is 1. The van der Waals surface area contributed by atoms with Gasteiger partial charge < -0.3 is 16.0 Å². The molecule has 19 heavy (non-hydrogen) atoms. The van der Waals surface area contributed by atoms with Crippen molar-refractivity contribution >= 4 is 39.7 Å². The van der Waals surface area contributed by atoms with Crippen LogP contribution in [0.25, 0.3) is 0 Å². The summed E-state index contributed by atoms with van der Waals surface area (Å²) in [7, 11) is 0. The van der Waals surface area contributed by atoms with Crippen molar-refractivity contribution in [1.82, 2.24) is 15.2 Å². The molecule has 0 saturated heterocycles. The van der Waals surface area contributed by atoms with Crippen molar-refractivity contribution in [3.63, 3.8) is 0 Å². The molecule has 4 N–H and O–H groups in total. The standard InChI is InChI=1S/C9H12N6O2S2/c10-9-14-13-7(19-9)5-18-4-3-12-8-6(15(16)17)1-2-11-8/h1-2,11-12H,3-5H2,(H2,10,14). The Morgan fingerprint density at radius 2 is 2.42 bits per heavy atom.